The van der Waals surface area contributed by atoms with Gasteiger partial charge in [0.25, 0.3) is 0 Å². The molecule has 28 heavy (non-hydrogen) atoms. The summed E-state index contributed by atoms with van der Waals surface area (Å²) in [7, 11) is -3.29. The molecular formula is C20H18N4O3S. The van der Waals surface area contributed by atoms with Gasteiger partial charge in [0.15, 0.2) is 9.84 Å². The number of carbonyl (C=O) groups excluding carboxylic acids is 1. The van der Waals surface area contributed by atoms with E-state index in [-0.39, 0.29) is 18.2 Å². The Bertz CT molecular complexity index is 1300. The Balaban J connectivity index is 1.62. The number of hydrogen-bond acceptors (Lipinski definition) is 5. The van der Waals surface area contributed by atoms with E-state index >= 15 is 0 Å². The van der Waals surface area contributed by atoms with Crippen molar-refractivity contribution in [1.82, 2.24) is 14.5 Å². The lowest BCUT2D eigenvalue weighted by molar-refractivity contribution is -0.116. The number of nitrogens with one attached hydrogen (secondary N) is 1. The number of pyridine rings is 1. The van der Waals surface area contributed by atoms with Gasteiger partial charge < -0.3 is 9.88 Å². The molecule has 0 aliphatic heterocycles. The van der Waals surface area contributed by atoms with Gasteiger partial charge in [0.1, 0.15) is 18.1 Å². The van der Waals surface area contributed by atoms with Gasteiger partial charge in [0.05, 0.1) is 28.4 Å². The molecule has 7 nitrogen and oxygen atoms in total. The van der Waals surface area contributed by atoms with Crippen molar-refractivity contribution in [2.75, 3.05) is 11.6 Å². The summed E-state index contributed by atoms with van der Waals surface area (Å²) in [5.74, 6) is -0.169. The zero-order chi connectivity index (χ0) is 19.7. The molecule has 8 heteroatoms. The van der Waals surface area contributed by atoms with Crippen molar-refractivity contribution in [3.8, 4) is 0 Å². The zero-order valence-corrected chi connectivity index (χ0v) is 16.0. The van der Waals surface area contributed by atoms with E-state index in [1.807, 2.05) is 48.5 Å². The standard InChI is InChI=1S/C20H18N4O3S/c1-28(26,27)13-19-23-17-8-4-5-9-18(17)24(19)12-20(25)22-15-10-14-6-2-3-7-16(14)21-11-15/h2-11H,12-13H2,1H3,(H,22,25). The van der Waals surface area contributed by atoms with Gasteiger partial charge in [-0.05, 0) is 24.3 Å². The average molecular weight is 394 g/mol. The quantitative estimate of drug-likeness (QED) is 0.562. The molecule has 0 spiro atoms. The number of amides is 1. The van der Waals surface area contributed by atoms with Crippen LogP contribution in [0.2, 0.25) is 0 Å². The molecule has 1 N–H and O–H groups in total. The molecule has 0 radical (unpaired) electrons. The molecule has 0 unspecified atom stereocenters. The first kappa shape index (κ1) is 18.1. The number of sulfone groups is 1. The maximum atomic E-state index is 12.6. The molecule has 4 rings (SSSR count). The molecule has 0 saturated heterocycles. The van der Waals surface area contributed by atoms with Gasteiger partial charge in [-0.1, -0.05) is 30.3 Å². The molecule has 0 fully saturated rings. The normalized spacial score (nSPS) is 11.8. The number of nitrogens with zero attached hydrogens (tertiary/aromatic N) is 3. The summed E-state index contributed by atoms with van der Waals surface area (Å²) in [6, 6.07) is 16.7. The largest absolute Gasteiger partial charge is 0.323 e. The van der Waals surface area contributed by atoms with Crippen molar-refractivity contribution < 1.29 is 13.2 Å². The van der Waals surface area contributed by atoms with Crippen LogP contribution in [0.1, 0.15) is 5.82 Å². The first-order valence-electron chi connectivity index (χ1n) is 8.65. The lowest BCUT2D eigenvalue weighted by Gasteiger charge is -2.10. The van der Waals surface area contributed by atoms with Crippen LogP contribution < -0.4 is 5.32 Å². The lowest BCUT2D eigenvalue weighted by Crippen LogP contribution is -2.21. The molecule has 0 saturated carbocycles. The number of aromatic nitrogens is 3. The highest BCUT2D eigenvalue weighted by Crippen LogP contribution is 2.19. The van der Waals surface area contributed by atoms with Crippen LogP contribution in [0.15, 0.2) is 60.8 Å². The zero-order valence-electron chi connectivity index (χ0n) is 15.2. The molecule has 1 amide bonds. The highest BCUT2D eigenvalue weighted by atomic mass is 32.2. The topological polar surface area (TPSA) is 94.0 Å². The minimum Gasteiger partial charge on any atom is -0.323 e. The fourth-order valence-electron chi connectivity index (χ4n) is 3.13. The third-order valence-corrected chi connectivity index (χ3v) is 5.08. The van der Waals surface area contributed by atoms with Crippen molar-refractivity contribution in [2.45, 2.75) is 12.3 Å². The Morgan fingerprint density at radius 3 is 2.57 bits per heavy atom. The molecule has 142 valence electrons. The van der Waals surface area contributed by atoms with E-state index in [0.717, 1.165) is 17.2 Å². The smallest absolute Gasteiger partial charge is 0.244 e. The van der Waals surface area contributed by atoms with Crippen LogP contribution in [-0.4, -0.2) is 35.1 Å². The number of hydrogen-bond donors (Lipinski definition) is 1. The van der Waals surface area contributed by atoms with Gasteiger partial charge >= 0.3 is 0 Å². The number of rotatable bonds is 5. The molecule has 0 aliphatic carbocycles. The number of anilines is 1. The van der Waals surface area contributed by atoms with Crippen molar-refractivity contribution in [2.24, 2.45) is 0 Å². The molecule has 2 aromatic carbocycles. The Hall–Kier alpha value is -3.26. The number of benzene rings is 2. The fraction of sp³-hybridized carbons (Fsp3) is 0.150. The van der Waals surface area contributed by atoms with Crippen LogP contribution in [0.4, 0.5) is 5.69 Å². The molecule has 2 aromatic heterocycles. The van der Waals surface area contributed by atoms with E-state index in [1.54, 1.807) is 16.8 Å². The Morgan fingerprint density at radius 2 is 1.79 bits per heavy atom. The summed E-state index contributed by atoms with van der Waals surface area (Å²) >= 11 is 0. The van der Waals surface area contributed by atoms with Gasteiger partial charge in [-0.25, -0.2) is 13.4 Å². The van der Waals surface area contributed by atoms with Gasteiger partial charge in [0, 0.05) is 11.6 Å². The summed E-state index contributed by atoms with van der Waals surface area (Å²) in [5, 5.41) is 3.75. The molecule has 0 aliphatic rings. The van der Waals surface area contributed by atoms with E-state index in [0.29, 0.717) is 22.5 Å². The first-order chi connectivity index (χ1) is 13.4. The van der Waals surface area contributed by atoms with Crippen molar-refractivity contribution >= 4 is 43.4 Å². The third kappa shape index (κ3) is 3.86. The summed E-state index contributed by atoms with van der Waals surface area (Å²) < 4.78 is 25.2. The highest BCUT2D eigenvalue weighted by molar-refractivity contribution is 7.89. The summed E-state index contributed by atoms with van der Waals surface area (Å²) in [6.07, 6.45) is 2.75. The number of fused-ring (bicyclic) bond motifs is 2. The first-order valence-corrected chi connectivity index (χ1v) is 10.7. The average Bonchev–Trinajstić information content (AvgIpc) is 2.97. The lowest BCUT2D eigenvalue weighted by atomic mass is 10.2. The monoisotopic (exact) mass is 394 g/mol. The summed E-state index contributed by atoms with van der Waals surface area (Å²) in [4.78, 5) is 21.4. The second-order valence-electron chi connectivity index (χ2n) is 6.64. The SMILES string of the molecule is CS(=O)(=O)Cc1nc2ccccc2n1CC(=O)Nc1cnc2ccccc2c1. The summed E-state index contributed by atoms with van der Waals surface area (Å²) in [5.41, 5.74) is 2.79. The van der Waals surface area contributed by atoms with E-state index in [4.69, 9.17) is 0 Å². The van der Waals surface area contributed by atoms with Crippen LogP contribution in [0.5, 0.6) is 0 Å². The van der Waals surface area contributed by atoms with Crippen LogP contribution in [0.3, 0.4) is 0 Å². The predicted molar refractivity (Wildman–Crippen MR) is 109 cm³/mol. The van der Waals surface area contributed by atoms with Gasteiger partial charge in [0.2, 0.25) is 5.91 Å². The highest BCUT2D eigenvalue weighted by Gasteiger charge is 2.17. The van der Waals surface area contributed by atoms with Gasteiger partial charge in [-0.2, -0.15) is 0 Å². The van der Waals surface area contributed by atoms with Crippen molar-refractivity contribution in [1.29, 1.82) is 0 Å². The minimum absolute atomic E-state index is 0.0435. The van der Waals surface area contributed by atoms with Crippen LogP contribution in [0.25, 0.3) is 21.9 Å². The van der Waals surface area contributed by atoms with Crippen LogP contribution in [-0.2, 0) is 26.9 Å². The van der Waals surface area contributed by atoms with Crippen molar-refractivity contribution in [3.05, 3.63) is 66.6 Å². The summed E-state index contributed by atoms with van der Waals surface area (Å²) in [6.45, 7) is -0.0435. The Morgan fingerprint density at radius 1 is 1.07 bits per heavy atom. The van der Waals surface area contributed by atoms with E-state index in [9.17, 15) is 13.2 Å². The molecule has 0 bridgehead atoms. The third-order valence-electron chi connectivity index (χ3n) is 4.30. The maximum Gasteiger partial charge on any atom is 0.244 e. The molecule has 4 aromatic rings. The van der Waals surface area contributed by atoms with Gasteiger partial charge in [-0.3, -0.25) is 9.78 Å². The second-order valence-corrected chi connectivity index (χ2v) is 8.78. The van der Waals surface area contributed by atoms with E-state index in [1.165, 1.54) is 0 Å². The number of imidazole rings is 1. The Labute approximate surface area is 162 Å². The second kappa shape index (κ2) is 7.05. The van der Waals surface area contributed by atoms with Crippen LogP contribution >= 0.6 is 0 Å². The van der Waals surface area contributed by atoms with Gasteiger partial charge in [-0.15, -0.1) is 0 Å². The molecular weight excluding hydrogens is 376 g/mol. The van der Waals surface area contributed by atoms with Crippen molar-refractivity contribution in [3.63, 3.8) is 0 Å². The molecule has 0 atom stereocenters. The van der Waals surface area contributed by atoms with Crippen LogP contribution in [0, 0.1) is 0 Å². The minimum atomic E-state index is -3.29. The van der Waals surface area contributed by atoms with E-state index in [2.05, 4.69) is 15.3 Å². The van der Waals surface area contributed by atoms with E-state index < -0.39 is 9.84 Å². The predicted octanol–water partition coefficient (Wildman–Crippen LogP) is 2.77. The number of para-hydroxylation sites is 3. The fourth-order valence-corrected chi connectivity index (χ4v) is 3.82. The number of carbonyl (C=O) groups is 1. The molecule has 2 heterocycles. The Kier molecular flexibility index (Phi) is 4.56. The maximum absolute atomic E-state index is 12.6.